The van der Waals surface area contributed by atoms with Gasteiger partial charge in [0.25, 0.3) is 5.91 Å². The zero-order valence-corrected chi connectivity index (χ0v) is 17.5. The van der Waals surface area contributed by atoms with Crippen molar-refractivity contribution in [1.29, 1.82) is 0 Å². The van der Waals surface area contributed by atoms with Gasteiger partial charge in [-0.15, -0.1) is 0 Å². The Morgan fingerprint density at radius 3 is 2.76 bits per heavy atom. The summed E-state index contributed by atoms with van der Waals surface area (Å²) < 4.78 is 4.94. The molecule has 10 nitrogen and oxygen atoms in total. The first-order valence-corrected chi connectivity index (χ1v) is 9.86. The smallest absolute Gasteiger partial charge is 0.315 e. The standard InChI is InChI=1S/C23H19N5O5/c1-33-20-10-15(9-19(22(20)29)28(31)32)13-24-27-23(30)16-7-8-17-18(12-16)26-21(25-17)11-14-5-3-2-4-6-14/h2-10,12-13,29H,11H2,1H3,(H,25,26)(H,27,30)/b24-13-. The fourth-order valence-corrected chi connectivity index (χ4v) is 3.29. The Hall–Kier alpha value is -4.73. The van der Waals surface area contributed by atoms with E-state index in [0.717, 1.165) is 28.5 Å². The summed E-state index contributed by atoms with van der Waals surface area (Å²) >= 11 is 0. The van der Waals surface area contributed by atoms with Crippen molar-refractivity contribution >= 4 is 28.8 Å². The molecule has 0 unspecified atom stereocenters. The zero-order valence-electron chi connectivity index (χ0n) is 17.5. The number of phenolic OH excluding ortho intramolecular Hbond substituents is 1. The van der Waals surface area contributed by atoms with Gasteiger partial charge in [-0.2, -0.15) is 5.10 Å². The largest absolute Gasteiger partial charge is 0.500 e. The summed E-state index contributed by atoms with van der Waals surface area (Å²) in [4.78, 5) is 30.6. The molecule has 4 aromatic rings. The molecule has 0 bridgehead atoms. The van der Waals surface area contributed by atoms with Gasteiger partial charge < -0.3 is 14.8 Å². The number of nitrogens with zero attached hydrogens (tertiary/aromatic N) is 3. The molecule has 3 aromatic carbocycles. The van der Waals surface area contributed by atoms with Gasteiger partial charge in [0, 0.05) is 23.6 Å². The van der Waals surface area contributed by atoms with Crippen LogP contribution in [0.25, 0.3) is 11.0 Å². The number of hydrogen-bond acceptors (Lipinski definition) is 7. The lowest BCUT2D eigenvalue weighted by molar-refractivity contribution is -0.386. The Labute approximate surface area is 187 Å². The van der Waals surface area contributed by atoms with E-state index in [-0.39, 0.29) is 11.3 Å². The number of methoxy groups -OCH3 is 1. The first kappa shape index (κ1) is 21.5. The quantitative estimate of drug-likeness (QED) is 0.226. The molecule has 0 aliphatic carbocycles. The maximum atomic E-state index is 12.5. The highest BCUT2D eigenvalue weighted by Crippen LogP contribution is 2.36. The maximum absolute atomic E-state index is 12.5. The Morgan fingerprint density at radius 1 is 1.24 bits per heavy atom. The molecule has 0 fully saturated rings. The number of ether oxygens (including phenoxy) is 1. The van der Waals surface area contributed by atoms with Gasteiger partial charge in [0.05, 0.1) is 29.3 Å². The van der Waals surface area contributed by atoms with Crippen molar-refractivity contribution in [3.05, 3.63) is 93.3 Å². The first-order chi connectivity index (χ1) is 15.9. The number of carbonyl (C=O) groups excluding carboxylic acids is 1. The van der Waals surface area contributed by atoms with E-state index in [2.05, 4.69) is 20.5 Å². The van der Waals surface area contributed by atoms with Gasteiger partial charge in [0.1, 0.15) is 5.82 Å². The van der Waals surface area contributed by atoms with E-state index in [0.29, 0.717) is 12.0 Å². The number of nitro benzene ring substituents is 1. The van der Waals surface area contributed by atoms with E-state index < -0.39 is 22.3 Å². The molecule has 0 aliphatic rings. The van der Waals surface area contributed by atoms with Gasteiger partial charge in [0.15, 0.2) is 5.75 Å². The average Bonchev–Trinajstić information content (AvgIpc) is 3.21. The highest BCUT2D eigenvalue weighted by atomic mass is 16.6. The van der Waals surface area contributed by atoms with Crippen LogP contribution in [0, 0.1) is 10.1 Å². The fourth-order valence-electron chi connectivity index (χ4n) is 3.29. The van der Waals surface area contributed by atoms with Gasteiger partial charge in [-0.25, -0.2) is 10.4 Å². The molecule has 0 saturated carbocycles. The number of phenols is 1. The number of rotatable bonds is 7. The van der Waals surface area contributed by atoms with Crippen molar-refractivity contribution in [3.8, 4) is 11.5 Å². The third-order valence-corrected chi connectivity index (χ3v) is 4.88. The van der Waals surface area contributed by atoms with Crippen LogP contribution < -0.4 is 10.2 Å². The highest BCUT2D eigenvalue weighted by Gasteiger charge is 2.19. The molecule has 0 atom stereocenters. The second-order valence-electron chi connectivity index (χ2n) is 7.12. The molecule has 1 aromatic heterocycles. The van der Waals surface area contributed by atoms with E-state index >= 15 is 0 Å². The number of amides is 1. The zero-order chi connectivity index (χ0) is 23.4. The Kier molecular flexibility index (Phi) is 5.98. The number of benzene rings is 3. The number of hydrazone groups is 1. The summed E-state index contributed by atoms with van der Waals surface area (Å²) in [5.74, 6) is -0.335. The lowest BCUT2D eigenvalue weighted by Gasteiger charge is -2.05. The maximum Gasteiger partial charge on any atom is 0.315 e. The van der Waals surface area contributed by atoms with Crippen molar-refractivity contribution in [1.82, 2.24) is 15.4 Å². The molecular weight excluding hydrogens is 426 g/mol. The highest BCUT2D eigenvalue weighted by molar-refractivity contribution is 5.98. The van der Waals surface area contributed by atoms with Crippen molar-refractivity contribution in [3.63, 3.8) is 0 Å². The predicted octanol–water partition coefficient (Wildman–Crippen LogP) is 3.54. The van der Waals surface area contributed by atoms with Crippen molar-refractivity contribution in [2.75, 3.05) is 7.11 Å². The van der Waals surface area contributed by atoms with Crippen LogP contribution in [0.5, 0.6) is 11.5 Å². The normalized spacial score (nSPS) is 11.1. The number of nitrogens with one attached hydrogen (secondary N) is 2. The van der Waals surface area contributed by atoms with Crippen molar-refractivity contribution in [2.24, 2.45) is 5.10 Å². The number of nitro groups is 1. The summed E-state index contributed by atoms with van der Waals surface area (Å²) in [6.07, 6.45) is 1.86. The van der Waals surface area contributed by atoms with Crippen LogP contribution in [0.15, 0.2) is 65.8 Å². The first-order valence-electron chi connectivity index (χ1n) is 9.86. The summed E-state index contributed by atoms with van der Waals surface area (Å²) in [6, 6.07) is 17.5. The lowest BCUT2D eigenvalue weighted by Crippen LogP contribution is -2.17. The van der Waals surface area contributed by atoms with Crippen LogP contribution in [0.3, 0.4) is 0 Å². The molecule has 3 N–H and O–H groups in total. The molecule has 0 radical (unpaired) electrons. The molecule has 0 saturated heterocycles. The van der Waals surface area contributed by atoms with Crippen LogP contribution in [0.1, 0.15) is 27.3 Å². The van der Waals surface area contributed by atoms with Gasteiger partial charge in [0.2, 0.25) is 5.75 Å². The van der Waals surface area contributed by atoms with Crippen molar-refractivity contribution in [2.45, 2.75) is 6.42 Å². The Morgan fingerprint density at radius 2 is 2.03 bits per heavy atom. The lowest BCUT2D eigenvalue weighted by atomic mass is 10.1. The Balaban J connectivity index is 1.48. The monoisotopic (exact) mass is 445 g/mol. The molecule has 1 amide bonds. The minimum Gasteiger partial charge on any atom is -0.500 e. The van der Waals surface area contributed by atoms with E-state index in [1.807, 2.05) is 30.3 Å². The summed E-state index contributed by atoms with van der Waals surface area (Å²) in [7, 11) is 1.28. The number of aromatic hydroxyl groups is 1. The van der Waals surface area contributed by atoms with Crippen LogP contribution >= 0.6 is 0 Å². The molecule has 33 heavy (non-hydrogen) atoms. The minimum atomic E-state index is -0.737. The molecule has 0 aliphatic heterocycles. The molecule has 0 spiro atoms. The fraction of sp³-hybridized carbons (Fsp3) is 0.0870. The predicted molar refractivity (Wildman–Crippen MR) is 122 cm³/mol. The van der Waals surface area contributed by atoms with Gasteiger partial charge >= 0.3 is 5.69 Å². The van der Waals surface area contributed by atoms with Gasteiger partial charge in [-0.05, 0) is 29.8 Å². The molecule has 10 heteroatoms. The van der Waals surface area contributed by atoms with E-state index in [4.69, 9.17) is 4.74 Å². The van der Waals surface area contributed by atoms with Crippen LogP contribution in [-0.4, -0.2) is 39.2 Å². The number of hydrogen-bond donors (Lipinski definition) is 3. The number of fused-ring (bicyclic) bond motifs is 1. The van der Waals surface area contributed by atoms with Crippen molar-refractivity contribution < 1.29 is 19.6 Å². The number of H-pyrrole nitrogens is 1. The summed E-state index contributed by atoms with van der Waals surface area (Å²) in [5.41, 5.74) is 5.07. The molecule has 166 valence electrons. The number of aromatic amines is 1. The van der Waals surface area contributed by atoms with E-state index in [1.54, 1.807) is 18.2 Å². The molecule has 1 heterocycles. The Bertz CT molecular complexity index is 1360. The number of aromatic nitrogens is 2. The van der Waals surface area contributed by atoms with E-state index in [1.165, 1.54) is 19.4 Å². The summed E-state index contributed by atoms with van der Waals surface area (Å²) in [6.45, 7) is 0. The topological polar surface area (TPSA) is 143 Å². The second-order valence-corrected chi connectivity index (χ2v) is 7.12. The molecular formula is C23H19N5O5. The second kappa shape index (κ2) is 9.18. The average molecular weight is 445 g/mol. The number of carbonyl (C=O) groups is 1. The molecule has 4 rings (SSSR count). The van der Waals surface area contributed by atoms with Crippen LogP contribution in [-0.2, 0) is 6.42 Å². The SMILES string of the molecule is COc1cc(/C=N\NC(=O)c2ccc3nc(Cc4ccccc4)[nH]c3c2)cc([N+](=O)[O-])c1O. The summed E-state index contributed by atoms with van der Waals surface area (Å²) in [5, 5.41) is 24.8. The van der Waals surface area contributed by atoms with Crippen LogP contribution in [0.2, 0.25) is 0 Å². The number of imidazole rings is 1. The van der Waals surface area contributed by atoms with Crippen LogP contribution in [0.4, 0.5) is 5.69 Å². The third kappa shape index (κ3) is 4.79. The van der Waals surface area contributed by atoms with Gasteiger partial charge in [-0.3, -0.25) is 14.9 Å². The van der Waals surface area contributed by atoms with E-state index in [9.17, 15) is 20.0 Å². The third-order valence-electron chi connectivity index (χ3n) is 4.88. The van der Waals surface area contributed by atoms with Gasteiger partial charge in [-0.1, -0.05) is 30.3 Å². The minimum absolute atomic E-state index is 0.0759.